The standard InChI is InChI=1S/C19H23NO4/c1-13-8-9-15(16(11-13)24-18(22)19(2,3)4)23-17(21)14-7-6-10-20(5)12-14/h6,8-12H,7H2,1-5H3. The Morgan fingerprint density at radius 2 is 1.83 bits per heavy atom. The van der Waals surface area contributed by atoms with Gasteiger partial charge in [0.1, 0.15) is 0 Å². The van der Waals surface area contributed by atoms with Crippen LogP contribution in [0.5, 0.6) is 11.5 Å². The molecule has 0 amide bonds. The Bertz CT molecular complexity index is 711. The van der Waals surface area contributed by atoms with Crippen molar-refractivity contribution in [2.45, 2.75) is 34.1 Å². The van der Waals surface area contributed by atoms with E-state index in [1.165, 1.54) is 0 Å². The number of allylic oxidation sites excluding steroid dienone is 1. The highest BCUT2D eigenvalue weighted by Crippen LogP contribution is 2.31. The molecule has 0 saturated heterocycles. The monoisotopic (exact) mass is 329 g/mol. The zero-order chi connectivity index (χ0) is 17.9. The van der Waals surface area contributed by atoms with E-state index in [2.05, 4.69) is 0 Å². The summed E-state index contributed by atoms with van der Waals surface area (Å²) in [7, 11) is 1.84. The molecule has 0 aromatic heterocycles. The molecule has 128 valence electrons. The number of ether oxygens (including phenoxy) is 2. The van der Waals surface area contributed by atoms with Gasteiger partial charge in [0, 0.05) is 19.7 Å². The summed E-state index contributed by atoms with van der Waals surface area (Å²) in [6.07, 6.45) is 5.98. The minimum atomic E-state index is -0.648. The van der Waals surface area contributed by atoms with Crippen LogP contribution in [0.2, 0.25) is 0 Å². The van der Waals surface area contributed by atoms with Crippen molar-refractivity contribution >= 4 is 11.9 Å². The maximum atomic E-state index is 12.3. The lowest BCUT2D eigenvalue weighted by molar-refractivity contribution is -0.143. The number of aryl methyl sites for hydroxylation is 1. The van der Waals surface area contributed by atoms with Crippen LogP contribution in [0.15, 0.2) is 42.2 Å². The Morgan fingerprint density at radius 1 is 1.12 bits per heavy atom. The molecular formula is C19H23NO4. The number of esters is 2. The van der Waals surface area contributed by atoms with E-state index in [1.54, 1.807) is 50.1 Å². The lowest BCUT2D eigenvalue weighted by Crippen LogP contribution is -2.26. The van der Waals surface area contributed by atoms with Crippen LogP contribution in [-0.4, -0.2) is 23.9 Å². The van der Waals surface area contributed by atoms with Gasteiger partial charge in [-0.2, -0.15) is 0 Å². The van der Waals surface area contributed by atoms with Crippen LogP contribution in [0.3, 0.4) is 0 Å². The summed E-state index contributed by atoms with van der Waals surface area (Å²) in [6, 6.07) is 5.13. The summed E-state index contributed by atoms with van der Waals surface area (Å²) in [5.74, 6) is -0.349. The zero-order valence-corrected chi connectivity index (χ0v) is 14.8. The van der Waals surface area contributed by atoms with Gasteiger partial charge in [-0.05, 0) is 51.6 Å². The average molecular weight is 329 g/mol. The van der Waals surface area contributed by atoms with E-state index in [0.717, 1.165) is 5.56 Å². The van der Waals surface area contributed by atoms with E-state index in [1.807, 2.05) is 26.2 Å². The minimum absolute atomic E-state index is 0.237. The van der Waals surface area contributed by atoms with E-state index in [9.17, 15) is 9.59 Å². The van der Waals surface area contributed by atoms with Crippen LogP contribution < -0.4 is 9.47 Å². The summed E-state index contributed by atoms with van der Waals surface area (Å²) < 4.78 is 10.9. The van der Waals surface area contributed by atoms with Gasteiger partial charge in [-0.15, -0.1) is 0 Å². The molecule has 0 unspecified atom stereocenters. The molecule has 1 aromatic rings. The first kappa shape index (κ1) is 17.8. The van der Waals surface area contributed by atoms with E-state index < -0.39 is 11.4 Å². The van der Waals surface area contributed by atoms with E-state index >= 15 is 0 Å². The largest absolute Gasteiger partial charge is 0.422 e. The third-order valence-corrected chi connectivity index (χ3v) is 3.42. The van der Waals surface area contributed by atoms with E-state index in [-0.39, 0.29) is 17.5 Å². The maximum absolute atomic E-state index is 12.3. The molecule has 5 heteroatoms. The van der Waals surface area contributed by atoms with Gasteiger partial charge in [-0.1, -0.05) is 12.1 Å². The molecule has 0 spiro atoms. The molecule has 0 saturated carbocycles. The molecule has 0 N–H and O–H groups in total. The number of carbonyl (C=O) groups is 2. The fraction of sp³-hybridized carbons (Fsp3) is 0.368. The first-order valence-corrected chi connectivity index (χ1v) is 7.81. The Hall–Kier alpha value is -2.56. The van der Waals surface area contributed by atoms with Crippen LogP contribution in [-0.2, 0) is 9.59 Å². The quantitative estimate of drug-likeness (QED) is 0.626. The summed E-state index contributed by atoms with van der Waals surface area (Å²) in [6.45, 7) is 7.19. The Kier molecular flexibility index (Phi) is 5.12. The topological polar surface area (TPSA) is 55.8 Å². The van der Waals surface area contributed by atoms with Crippen LogP contribution in [0.4, 0.5) is 0 Å². The SMILES string of the molecule is Cc1ccc(OC(=O)C2=CN(C)C=CC2)c(OC(=O)C(C)(C)C)c1. The number of nitrogens with zero attached hydrogens (tertiary/aromatic N) is 1. The van der Waals surface area contributed by atoms with Crippen molar-refractivity contribution in [3.8, 4) is 11.5 Å². The van der Waals surface area contributed by atoms with E-state index in [0.29, 0.717) is 12.0 Å². The van der Waals surface area contributed by atoms with Crippen LogP contribution in [0.25, 0.3) is 0 Å². The van der Waals surface area contributed by atoms with Gasteiger partial charge in [-0.3, -0.25) is 4.79 Å². The third-order valence-electron chi connectivity index (χ3n) is 3.42. The fourth-order valence-electron chi connectivity index (χ4n) is 2.02. The predicted molar refractivity (Wildman–Crippen MR) is 91.5 cm³/mol. The number of rotatable bonds is 3. The summed E-state index contributed by atoms with van der Waals surface area (Å²) in [5.41, 5.74) is 0.796. The average Bonchev–Trinajstić information content (AvgIpc) is 2.49. The first-order valence-electron chi connectivity index (χ1n) is 7.81. The Labute approximate surface area is 142 Å². The van der Waals surface area contributed by atoms with Crippen molar-refractivity contribution < 1.29 is 19.1 Å². The van der Waals surface area contributed by atoms with Gasteiger partial charge >= 0.3 is 11.9 Å². The summed E-state index contributed by atoms with van der Waals surface area (Å²) in [4.78, 5) is 26.3. The van der Waals surface area contributed by atoms with Crippen LogP contribution in [0, 0.1) is 12.3 Å². The number of hydrogen-bond acceptors (Lipinski definition) is 5. The highest BCUT2D eigenvalue weighted by Gasteiger charge is 2.26. The minimum Gasteiger partial charge on any atom is -0.422 e. The van der Waals surface area contributed by atoms with Crippen molar-refractivity contribution in [3.05, 3.63) is 47.8 Å². The molecule has 2 rings (SSSR count). The Balaban J connectivity index is 2.21. The molecule has 1 aliphatic heterocycles. The molecule has 24 heavy (non-hydrogen) atoms. The molecule has 0 atom stereocenters. The molecule has 1 heterocycles. The smallest absolute Gasteiger partial charge is 0.341 e. The normalized spacial score (nSPS) is 14.2. The van der Waals surface area contributed by atoms with Gasteiger partial charge in [-0.25, -0.2) is 4.79 Å². The van der Waals surface area contributed by atoms with Crippen molar-refractivity contribution in [1.82, 2.24) is 4.90 Å². The zero-order valence-electron chi connectivity index (χ0n) is 14.8. The van der Waals surface area contributed by atoms with Gasteiger partial charge < -0.3 is 14.4 Å². The molecule has 0 radical (unpaired) electrons. The maximum Gasteiger partial charge on any atom is 0.341 e. The lowest BCUT2D eigenvalue weighted by atomic mass is 9.97. The van der Waals surface area contributed by atoms with Crippen molar-refractivity contribution in [1.29, 1.82) is 0 Å². The van der Waals surface area contributed by atoms with Crippen LogP contribution in [0.1, 0.15) is 32.8 Å². The van der Waals surface area contributed by atoms with Crippen molar-refractivity contribution in [2.24, 2.45) is 5.41 Å². The highest BCUT2D eigenvalue weighted by molar-refractivity contribution is 5.91. The second kappa shape index (κ2) is 6.91. The highest BCUT2D eigenvalue weighted by atomic mass is 16.6. The van der Waals surface area contributed by atoms with Crippen molar-refractivity contribution in [2.75, 3.05) is 7.05 Å². The molecule has 0 bridgehead atoms. The summed E-state index contributed by atoms with van der Waals surface area (Å²) in [5, 5.41) is 0. The second-order valence-corrected chi connectivity index (χ2v) is 6.89. The lowest BCUT2D eigenvalue weighted by Gasteiger charge is -2.19. The van der Waals surface area contributed by atoms with Gasteiger partial charge in [0.05, 0.1) is 11.0 Å². The van der Waals surface area contributed by atoms with Crippen LogP contribution >= 0.6 is 0 Å². The molecule has 0 aliphatic carbocycles. The molecule has 1 aliphatic rings. The number of carbonyl (C=O) groups excluding carboxylic acids is 2. The third kappa shape index (κ3) is 4.47. The molecule has 0 fully saturated rings. The van der Waals surface area contributed by atoms with E-state index in [4.69, 9.17) is 9.47 Å². The molecular weight excluding hydrogens is 306 g/mol. The Morgan fingerprint density at radius 3 is 2.46 bits per heavy atom. The van der Waals surface area contributed by atoms with Gasteiger partial charge in [0.2, 0.25) is 0 Å². The number of benzene rings is 1. The van der Waals surface area contributed by atoms with Gasteiger partial charge in [0.25, 0.3) is 0 Å². The first-order chi connectivity index (χ1) is 11.2. The second-order valence-electron chi connectivity index (χ2n) is 6.89. The fourth-order valence-corrected chi connectivity index (χ4v) is 2.02. The molecule has 1 aromatic carbocycles. The molecule has 5 nitrogen and oxygen atoms in total. The van der Waals surface area contributed by atoms with Crippen molar-refractivity contribution in [3.63, 3.8) is 0 Å². The summed E-state index contributed by atoms with van der Waals surface area (Å²) >= 11 is 0. The number of hydrogen-bond donors (Lipinski definition) is 0. The van der Waals surface area contributed by atoms with Gasteiger partial charge in [0.15, 0.2) is 11.5 Å². The predicted octanol–water partition coefficient (Wildman–Crippen LogP) is 3.59.